The summed E-state index contributed by atoms with van der Waals surface area (Å²) in [5.41, 5.74) is -0.139. The van der Waals surface area contributed by atoms with Crippen molar-refractivity contribution in [2.75, 3.05) is 24.1 Å². The standard InChI is InChI=1S/C14H29NOS/c1-13(2,3)12(16)11-9-17(7,8)10-15(11)14(4,5)6/h11H,9-10H2,1-8H3/t11-/m0/s1. The first-order valence-corrected chi connectivity index (χ1v) is 9.13. The first-order chi connectivity index (χ1) is 7.34. The van der Waals surface area contributed by atoms with Crippen LogP contribution >= 0.6 is 10.0 Å². The molecule has 1 heterocycles. The molecular weight excluding hydrogens is 230 g/mol. The lowest BCUT2D eigenvalue weighted by molar-refractivity contribution is -0.132. The van der Waals surface area contributed by atoms with Crippen molar-refractivity contribution in [3.63, 3.8) is 0 Å². The van der Waals surface area contributed by atoms with Crippen molar-refractivity contribution < 1.29 is 4.79 Å². The Morgan fingerprint density at radius 2 is 1.59 bits per heavy atom. The molecule has 1 aliphatic rings. The third kappa shape index (κ3) is 3.47. The van der Waals surface area contributed by atoms with Crippen molar-refractivity contribution in [2.45, 2.75) is 53.1 Å². The smallest absolute Gasteiger partial charge is 0.156 e. The Bertz CT molecular complexity index is 309. The lowest BCUT2D eigenvalue weighted by Crippen LogP contribution is -2.51. The normalized spacial score (nSPS) is 28.1. The van der Waals surface area contributed by atoms with E-state index in [1.807, 2.05) is 20.8 Å². The SMILES string of the molecule is CC(C)(C)C(=O)[C@@H]1CS(C)(C)CN1C(C)(C)C. The van der Waals surface area contributed by atoms with E-state index in [1.165, 1.54) is 0 Å². The van der Waals surface area contributed by atoms with E-state index in [9.17, 15) is 4.79 Å². The minimum atomic E-state index is -0.628. The molecule has 1 atom stereocenters. The average molecular weight is 259 g/mol. The molecule has 0 saturated carbocycles. The molecule has 0 radical (unpaired) electrons. The Morgan fingerprint density at radius 1 is 1.12 bits per heavy atom. The maximum Gasteiger partial charge on any atom is 0.156 e. The molecule has 0 spiro atoms. The van der Waals surface area contributed by atoms with Gasteiger partial charge in [0.05, 0.1) is 6.04 Å². The van der Waals surface area contributed by atoms with Gasteiger partial charge in [0.15, 0.2) is 5.78 Å². The Labute approximate surface area is 108 Å². The molecule has 3 heteroatoms. The molecule has 1 fully saturated rings. The predicted molar refractivity (Wildman–Crippen MR) is 79.0 cm³/mol. The third-order valence-electron chi connectivity index (χ3n) is 3.38. The van der Waals surface area contributed by atoms with Crippen LogP contribution in [0, 0.1) is 5.41 Å². The summed E-state index contributed by atoms with van der Waals surface area (Å²) in [7, 11) is -0.628. The second kappa shape index (κ2) is 4.27. The van der Waals surface area contributed by atoms with Gasteiger partial charge >= 0.3 is 0 Å². The Morgan fingerprint density at radius 3 is 1.94 bits per heavy atom. The topological polar surface area (TPSA) is 20.3 Å². The second-order valence-corrected chi connectivity index (χ2v) is 12.0. The molecule has 1 aliphatic heterocycles. The van der Waals surface area contributed by atoms with Gasteiger partial charge in [-0.15, -0.1) is 0 Å². The van der Waals surface area contributed by atoms with Crippen molar-refractivity contribution in [1.82, 2.24) is 4.90 Å². The minimum absolute atomic E-state index is 0.0896. The van der Waals surface area contributed by atoms with Crippen LogP contribution in [0.15, 0.2) is 0 Å². The van der Waals surface area contributed by atoms with Crippen LogP contribution in [0.1, 0.15) is 41.5 Å². The van der Waals surface area contributed by atoms with Crippen LogP contribution in [0.25, 0.3) is 0 Å². The number of hydrogen-bond acceptors (Lipinski definition) is 2. The van der Waals surface area contributed by atoms with E-state index in [4.69, 9.17) is 0 Å². The highest BCUT2D eigenvalue weighted by molar-refractivity contribution is 8.32. The molecule has 0 bridgehead atoms. The number of Topliss-reactive ketones (excluding diaryl/α,β-unsaturated/α-hetero) is 1. The quantitative estimate of drug-likeness (QED) is 0.721. The summed E-state index contributed by atoms with van der Waals surface area (Å²) in [6, 6.07) is 0.125. The van der Waals surface area contributed by atoms with Gasteiger partial charge in [0.1, 0.15) is 0 Å². The number of rotatable bonds is 1. The Kier molecular flexibility index (Phi) is 3.78. The van der Waals surface area contributed by atoms with Gasteiger partial charge < -0.3 is 0 Å². The summed E-state index contributed by atoms with van der Waals surface area (Å²) in [5.74, 6) is 2.58. The zero-order valence-corrected chi connectivity index (χ0v) is 13.6. The summed E-state index contributed by atoms with van der Waals surface area (Å²) >= 11 is 0. The van der Waals surface area contributed by atoms with Crippen LogP contribution in [-0.2, 0) is 4.79 Å². The van der Waals surface area contributed by atoms with Crippen LogP contribution in [-0.4, -0.2) is 46.4 Å². The molecule has 0 N–H and O–H groups in total. The van der Waals surface area contributed by atoms with Crippen molar-refractivity contribution >= 4 is 15.8 Å². The van der Waals surface area contributed by atoms with Crippen LogP contribution in [0.4, 0.5) is 0 Å². The predicted octanol–water partition coefficient (Wildman–Crippen LogP) is 3.11. The lowest BCUT2D eigenvalue weighted by atomic mass is 9.85. The summed E-state index contributed by atoms with van der Waals surface area (Å²) < 4.78 is 0. The highest BCUT2D eigenvalue weighted by atomic mass is 32.3. The summed E-state index contributed by atoms with van der Waals surface area (Å²) in [6.07, 6.45) is 4.70. The maximum absolute atomic E-state index is 12.6. The molecule has 1 rings (SSSR count). The van der Waals surface area contributed by atoms with E-state index in [0.29, 0.717) is 5.78 Å². The third-order valence-corrected chi connectivity index (χ3v) is 5.57. The molecule has 0 unspecified atom stereocenters. The Balaban J connectivity index is 3.01. The Hall–Kier alpha value is -0.0200. The molecule has 2 nitrogen and oxygen atoms in total. The average Bonchev–Trinajstić information content (AvgIpc) is 2.37. The van der Waals surface area contributed by atoms with Gasteiger partial charge in [-0.05, 0) is 33.3 Å². The zero-order chi connectivity index (χ0) is 13.6. The van der Waals surface area contributed by atoms with Gasteiger partial charge in [0, 0.05) is 22.6 Å². The van der Waals surface area contributed by atoms with E-state index >= 15 is 0 Å². The van der Waals surface area contributed by atoms with Gasteiger partial charge in [-0.25, -0.2) is 10.0 Å². The minimum Gasteiger partial charge on any atom is -0.297 e. The van der Waals surface area contributed by atoms with E-state index in [2.05, 4.69) is 38.2 Å². The number of hydrogen-bond donors (Lipinski definition) is 0. The fraction of sp³-hybridized carbons (Fsp3) is 0.929. The molecule has 0 aromatic heterocycles. The van der Waals surface area contributed by atoms with E-state index in [1.54, 1.807) is 0 Å². The van der Waals surface area contributed by atoms with Crippen molar-refractivity contribution in [2.24, 2.45) is 5.41 Å². The fourth-order valence-corrected chi connectivity index (χ4v) is 5.03. The van der Waals surface area contributed by atoms with Crippen LogP contribution in [0.3, 0.4) is 0 Å². The first kappa shape index (κ1) is 15.0. The molecule has 17 heavy (non-hydrogen) atoms. The molecule has 102 valence electrons. The van der Waals surface area contributed by atoms with E-state index in [-0.39, 0.29) is 17.0 Å². The summed E-state index contributed by atoms with van der Waals surface area (Å²) in [6.45, 7) is 12.8. The van der Waals surface area contributed by atoms with Gasteiger partial charge in [0.2, 0.25) is 0 Å². The molecule has 0 aliphatic carbocycles. The molecule has 0 aromatic rings. The van der Waals surface area contributed by atoms with Crippen molar-refractivity contribution in [3.8, 4) is 0 Å². The van der Waals surface area contributed by atoms with Crippen LogP contribution in [0.5, 0.6) is 0 Å². The number of nitrogens with zero attached hydrogens (tertiary/aromatic N) is 1. The van der Waals surface area contributed by atoms with E-state index < -0.39 is 10.0 Å². The van der Waals surface area contributed by atoms with Crippen molar-refractivity contribution in [3.05, 3.63) is 0 Å². The largest absolute Gasteiger partial charge is 0.297 e. The van der Waals surface area contributed by atoms with Gasteiger partial charge in [-0.3, -0.25) is 9.69 Å². The zero-order valence-electron chi connectivity index (χ0n) is 12.8. The van der Waals surface area contributed by atoms with Crippen molar-refractivity contribution in [1.29, 1.82) is 0 Å². The fourth-order valence-electron chi connectivity index (χ4n) is 2.41. The number of carbonyl (C=O) groups is 1. The molecule has 0 aromatic carbocycles. The van der Waals surface area contributed by atoms with Crippen LogP contribution < -0.4 is 0 Å². The second-order valence-electron chi connectivity index (χ2n) is 7.83. The van der Waals surface area contributed by atoms with Gasteiger partial charge in [-0.1, -0.05) is 20.8 Å². The van der Waals surface area contributed by atoms with Crippen LogP contribution in [0.2, 0.25) is 0 Å². The number of ketones is 1. The van der Waals surface area contributed by atoms with Gasteiger partial charge in [0.25, 0.3) is 0 Å². The highest BCUT2D eigenvalue weighted by Gasteiger charge is 2.45. The molecule has 0 amide bonds. The van der Waals surface area contributed by atoms with Gasteiger partial charge in [-0.2, -0.15) is 0 Å². The highest BCUT2D eigenvalue weighted by Crippen LogP contribution is 2.50. The summed E-state index contributed by atoms with van der Waals surface area (Å²) in [5, 5.41) is 0. The number of carbonyl (C=O) groups excluding carboxylic acids is 1. The molecular formula is C14H29NOS. The summed E-state index contributed by atoms with van der Waals surface area (Å²) in [4.78, 5) is 15.0. The van der Waals surface area contributed by atoms with E-state index in [0.717, 1.165) is 11.6 Å². The monoisotopic (exact) mass is 259 g/mol. The first-order valence-electron chi connectivity index (χ1n) is 6.34. The maximum atomic E-state index is 12.6. The lowest BCUT2D eigenvalue weighted by Gasteiger charge is -2.38. The molecule has 1 saturated heterocycles.